The van der Waals surface area contributed by atoms with E-state index in [1.54, 1.807) is 25.3 Å². The van der Waals surface area contributed by atoms with E-state index in [-0.39, 0.29) is 12.3 Å². The Kier molecular flexibility index (Phi) is 3.46. The zero-order valence-electron chi connectivity index (χ0n) is 13.4. The number of fused-ring (bicyclic) bond motifs is 2. The molecule has 0 saturated carbocycles. The van der Waals surface area contributed by atoms with E-state index in [1.807, 2.05) is 24.3 Å². The highest BCUT2D eigenvalue weighted by molar-refractivity contribution is 6.36. The molecule has 0 aromatic heterocycles. The Morgan fingerprint density at radius 2 is 2.04 bits per heavy atom. The Morgan fingerprint density at radius 1 is 1.24 bits per heavy atom. The van der Waals surface area contributed by atoms with Crippen LogP contribution in [0.3, 0.4) is 0 Å². The van der Waals surface area contributed by atoms with E-state index in [4.69, 9.17) is 14.6 Å². The van der Waals surface area contributed by atoms with Gasteiger partial charge in [-0.05, 0) is 18.2 Å². The van der Waals surface area contributed by atoms with Crippen molar-refractivity contribution in [1.29, 1.82) is 0 Å². The number of carbonyl (C=O) groups excluding carboxylic acids is 1. The highest BCUT2D eigenvalue weighted by atomic mass is 16.5. The maximum Gasteiger partial charge on any atom is 0.307 e. The zero-order valence-corrected chi connectivity index (χ0v) is 13.4. The summed E-state index contributed by atoms with van der Waals surface area (Å²) in [5.74, 6) is -0.221. The first-order valence-corrected chi connectivity index (χ1v) is 7.80. The summed E-state index contributed by atoms with van der Waals surface area (Å²) in [6.45, 7) is 0. The van der Waals surface area contributed by atoms with E-state index in [0.717, 1.165) is 11.1 Å². The lowest BCUT2D eigenvalue weighted by atomic mass is 9.98. The number of carbonyl (C=O) groups is 2. The second kappa shape index (κ2) is 5.66. The summed E-state index contributed by atoms with van der Waals surface area (Å²) < 4.78 is 11.2. The van der Waals surface area contributed by atoms with Gasteiger partial charge in [-0.2, -0.15) is 0 Å². The number of carboxylic acids is 1. The van der Waals surface area contributed by atoms with Gasteiger partial charge in [0.1, 0.15) is 17.6 Å². The Balaban J connectivity index is 1.92. The summed E-state index contributed by atoms with van der Waals surface area (Å²) in [7, 11) is 1.55. The minimum absolute atomic E-state index is 0.181. The third-order valence-corrected chi connectivity index (χ3v) is 4.37. The molecule has 0 bridgehead atoms. The van der Waals surface area contributed by atoms with Crippen LogP contribution in [0.2, 0.25) is 0 Å². The Labute approximate surface area is 143 Å². The standard InChI is InChI=1S/C19H15NO5/c1-24-10-6-7-11-13(8-10)18(25-15(11)9-16(21)22)17-12-4-2-3-5-14(12)20-19(17)23/h2-8,15H,9H2,1H3,(H,20,23)(H,21,22)/b18-17+. The first-order valence-electron chi connectivity index (χ1n) is 7.80. The van der Waals surface area contributed by atoms with Crippen molar-refractivity contribution in [3.63, 3.8) is 0 Å². The molecule has 4 rings (SSSR count). The second-order valence-electron chi connectivity index (χ2n) is 5.86. The quantitative estimate of drug-likeness (QED) is 0.841. The fraction of sp³-hybridized carbons (Fsp3) is 0.158. The summed E-state index contributed by atoms with van der Waals surface area (Å²) >= 11 is 0. The van der Waals surface area contributed by atoms with Crippen molar-refractivity contribution in [1.82, 2.24) is 0 Å². The number of hydrogen-bond donors (Lipinski definition) is 2. The van der Waals surface area contributed by atoms with Gasteiger partial charge in [-0.15, -0.1) is 0 Å². The molecule has 0 radical (unpaired) electrons. The van der Waals surface area contributed by atoms with E-state index < -0.39 is 12.1 Å². The number of rotatable bonds is 3. The Hall–Kier alpha value is -3.28. The molecule has 6 nitrogen and oxygen atoms in total. The van der Waals surface area contributed by atoms with Crippen LogP contribution in [0.1, 0.15) is 29.2 Å². The fourth-order valence-corrected chi connectivity index (χ4v) is 3.26. The smallest absolute Gasteiger partial charge is 0.307 e. The molecule has 2 N–H and O–H groups in total. The molecule has 0 spiro atoms. The van der Waals surface area contributed by atoms with Crippen LogP contribution in [0.4, 0.5) is 5.69 Å². The minimum Gasteiger partial charge on any atom is -0.497 e. The average Bonchev–Trinajstić information content (AvgIpc) is 3.10. The molecule has 0 fully saturated rings. The number of amides is 1. The number of benzene rings is 2. The van der Waals surface area contributed by atoms with Gasteiger partial charge in [0.15, 0.2) is 0 Å². The van der Waals surface area contributed by atoms with Gasteiger partial charge < -0.3 is 19.9 Å². The van der Waals surface area contributed by atoms with E-state index >= 15 is 0 Å². The average molecular weight is 337 g/mol. The summed E-state index contributed by atoms with van der Waals surface area (Å²) in [6, 6.07) is 12.7. The maximum atomic E-state index is 12.5. The summed E-state index contributed by atoms with van der Waals surface area (Å²) in [5, 5.41) is 12.0. The maximum absolute atomic E-state index is 12.5. The largest absolute Gasteiger partial charge is 0.497 e. The number of para-hydroxylation sites is 1. The monoisotopic (exact) mass is 337 g/mol. The van der Waals surface area contributed by atoms with E-state index in [0.29, 0.717) is 28.3 Å². The van der Waals surface area contributed by atoms with Crippen molar-refractivity contribution in [2.45, 2.75) is 12.5 Å². The molecule has 2 aromatic rings. The number of carboxylic acid groups (broad SMARTS) is 1. The molecule has 2 aliphatic rings. The van der Waals surface area contributed by atoms with Gasteiger partial charge in [-0.25, -0.2) is 0 Å². The van der Waals surface area contributed by atoms with Crippen molar-refractivity contribution in [3.05, 3.63) is 59.2 Å². The third-order valence-electron chi connectivity index (χ3n) is 4.37. The van der Waals surface area contributed by atoms with Gasteiger partial charge in [0, 0.05) is 22.4 Å². The molecule has 0 aliphatic carbocycles. The number of anilines is 1. The third kappa shape index (κ3) is 2.42. The summed E-state index contributed by atoms with van der Waals surface area (Å²) in [4.78, 5) is 23.7. The van der Waals surface area contributed by atoms with Crippen LogP contribution in [-0.4, -0.2) is 24.1 Å². The molecule has 2 aliphatic heterocycles. The normalized spacial score (nSPS) is 20.5. The van der Waals surface area contributed by atoms with Gasteiger partial charge >= 0.3 is 5.97 Å². The molecular formula is C19H15NO5. The van der Waals surface area contributed by atoms with Crippen molar-refractivity contribution >= 4 is 28.9 Å². The van der Waals surface area contributed by atoms with Crippen molar-refractivity contribution in [2.75, 3.05) is 12.4 Å². The number of methoxy groups -OCH3 is 1. The van der Waals surface area contributed by atoms with Crippen molar-refractivity contribution in [3.8, 4) is 5.75 Å². The van der Waals surface area contributed by atoms with Crippen LogP contribution in [0.15, 0.2) is 42.5 Å². The van der Waals surface area contributed by atoms with Gasteiger partial charge in [0.25, 0.3) is 5.91 Å². The lowest BCUT2D eigenvalue weighted by molar-refractivity contribution is -0.139. The topological polar surface area (TPSA) is 84.9 Å². The predicted molar refractivity (Wildman–Crippen MR) is 91.0 cm³/mol. The van der Waals surface area contributed by atoms with Crippen LogP contribution < -0.4 is 10.1 Å². The van der Waals surface area contributed by atoms with E-state index in [9.17, 15) is 9.59 Å². The van der Waals surface area contributed by atoms with Crippen molar-refractivity contribution < 1.29 is 24.2 Å². The SMILES string of the molecule is COc1ccc2c(c1)/C(=C1\C(=O)Nc3ccccc31)OC2CC(=O)O. The van der Waals surface area contributed by atoms with Crippen LogP contribution in [-0.2, 0) is 14.3 Å². The number of aliphatic carboxylic acids is 1. The fourth-order valence-electron chi connectivity index (χ4n) is 3.26. The highest BCUT2D eigenvalue weighted by Gasteiger charge is 2.37. The van der Waals surface area contributed by atoms with E-state index in [2.05, 4.69) is 5.32 Å². The molecule has 2 heterocycles. The van der Waals surface area contributed by atoms with Crippen LogP contribution in [0.25, 0.3) is 11.3 Å². The van der Waals surface area contributed by atoms with Crippen LogP contribution in [0.5, 0.6) is 5.75 Å². The zero-order chi connectivity index (χ0) is 17.6. The van der Waals surface area contributed by atoms with Gasteiger partial charge in [-0.1, -0.05) is 24.3 Å². The Bertz CT molecular complexity index is 931. The minimum atomic E-state index is -0.964. The second-order valence-corrected chi connectivity index (χ2v) is 5.86. The lowest BCUT2D eigenvalue weighted by Gasteiger charge is -2.10. The first-order chi connectivity index (χ1) is 12.1. The highest BCUT2D eigenvalue weighted by Crippen LogP contribution is 2.47. The predicted octanol–water partition coefficient (Wildman–Crippen LogP) is 3.06. The van der Waals surface area contributed by atoms with Crippen molar-refractivity contribution in [2.24, 2.45) is 0 Å². The molecule has 0 saturated heterocycles. The molecule has 6 heteroatoms. The molecule has 1 atom stereocenters. The van der Waals surface area contributed by atoms with Crippen LogP contribution in [0, 0.1) is 0 Å². The molecule has 126 valence electrons. The Morgan fingerprint density at radius 3 is 2.80 bits per heavy atom. The van der Waals surface area contributed by atoms with E-state index in [1.165, 1.54) is 0 Å². The van der Waals surface area contributed by atoms with Gasteiger partial charge in [0.2, 0.25) is 0 Å². The number of nitrogens with one attached hydrogen (secondary N) is 1. The summed E-state index contributed by atoms with van der Waals surface area (Å²) in [5.41, 5.74) is 3.30. The molecule has 25 heavy (non-hydrogen) atoms. The molecule has 2 aromatic carbocycles. The van der Waals surface area contributed by atoms with Gasteiger partial charge in [0.05, 0.1) is 19.1 Å². The lowest BCUT2D eigenvalue weighted by Crippen LogP contribution is -2.07. The molecule has 1 unspecified atom stereocenters. The first kappa shape index (κ1) is 15.3. The summed E-state index contributed by atoms with van der Waals surface area (Å²) in [6.07, 6.45) is -0.819. The van der Waals surface area contributed by atoms with Crippen LogP contribution >= 0.6 is 0 Å². The molecular weight excluding hydrogens is 322 g/mol. The molecule has 1 amide bonds. The number of hydrogen-bond acceptors (Lipinski definition) is 4. The number of ether oxygens (including phenoxy) is 2. The van der Waals surface area contributed by atoms with Gasteiger partial charge in [-0.3, -0.25) is 9.59 Å².